The Balaban J connectivity index is 1.56. The molecule has 0 amide bonds. The molecular weight excluding hydrogens is 384 g/mol. The maximum Gasteiger partial charge on any atom is 0.250 e. The Kier molecular flexibility index (Phi) is 3.93. The Morgan fingerprint density at radius 2 is 1.83 bits per heavy atom. The molecule has 1 heterocycles. The number of aromatic nitrogens is 2. The third-order valence-corrected chi connectivity index (χ3v) is 10.6. The van der Waals surface area contributed by atoms with Crippen LogP contribution in [0, 0.1) is 28.6 Å². The summed E-state index contributed by atoms with van der Waals surface area (Å²) >= 11 is 0. The van der Waals surface area contributed by atoms with Gasteiger partial charge in [-0.05, 0) is 98.5 Å². The molecule has 0 bridgehead atoms. The van der Waals surface area contributed by atoms with Gasteiger partial charge < -0.3 is 5.11 Å². The van der Waals surface area contributed by atoms with E-state index in [9.17, 15) is 13.5 Å². The van der Waals surface area contributed by atoms with Gasteiger partial charge in [0.1, 0.15) is 0 Å². The van der Waals surface area contributed by atoms with E-state index in [-0.39, 0.29) is 10.8 Å². The Hall–Kier alpha value is -1.14. The lowest BCUT2D eigenvalue weighted by Crippen LogP contribution is -2.54. The lowest BCUT2D eigenvalue weighted by Gasteiger charge is -2.59. The molecule has 5 rings (SSSR count). The van der Waals surface area contributed by atoms with E-state index < -0.39 is 15.6 Å². The number of hydrogen-bond donors (Lipinski definition) is 1. The Morgan fingerprint density at radius 1 is 1.14 bits per heavy atom. The molecule has 0 radical (unpaired) electrons. The van der Waals surface area contributed by atoms with Crippen LogP contribution in [0.5, 0.6) is 0 Å². The van der Waals surface area contributed by atoms with E-state index >= 15 is 0 Å². The summed E-state index contributed by atoms with van der Waals surface area (Å²) < 4.78 is 25.3. The molecule has 4 aliphatic carbocycles. The fourth-order valence-electron chi connectivity index (χ4n) is 7.94. The highest BCUT2D eigenvalue weighted by molar-refractivity contribution is 7.89. The number of hydrogen-bond acceptors (Lipinski definition) is 4. The van der Waals surface area contributed by atoms with Crippen LogP contribution >= 0.6 is 0 Å². The van der Waals surface area contributed by atoms with Crippen molar-refractivity contribution in [1.82, 2.24) is 9.19 Å². The molecule has 0 saturated heterocycles. The smallest absolute Gasteiger partial charge is 0.250 e. The average Bonchev–Trinajstić information content (AvgIpc) is 3.14. The zero-order chi connectivity index (χ0) is 21.0. The van der Waals surface area contributed by atoms with Gasteiger partial charge >= 0.3 is 0 Å². The highest BCUT2D eigenvalue weighted by Gasteiger charge is 2.62. The molecule has 0 aliphatic heterocycles. The average molecular weight is 419 g/mol. The third-order valence-electron chi connectivity index (χ3n) is 9.71. The quantitative estimate of drug-likeness (QED) is 0.748. The van der Waals surface area contributed by atoms with Crippen molar-refractivity contribution >= 4 is 15.6 Å². The minimum absolute atomic E-state index is 0.0296. The largest absolute Gasteiger partial charge is 0.390 e. The van der Waals surface area contributed by atoms with E-state index in [2.05, 4.69) is 32.8 Å². The van der Waals surface area contributed by atoms with Gasteiger partial charge in [-0.15, -0.1) is 0 Å². The monoisotopic (exact) mass is 418 g/mol. The second-order valence-corrected chi connectivity index (χ2v) is 12.9. The standard InChI is InChI=1S/C23H34N2O3S/c1-14-17-7-6-16-18(8-10-22(3)19(16)9-11-23(22,4)26)21(17,2)12-15-13-25(24-20(14)15)29(5,27)28/h13,16,18-19,26H,6-12H2,1-5H3/t16?,18?,19?,21-,22-,23-/m0/s1. The highest BCUT2D eigenvalue weighted by atomic mass is 32.2. The predicted molar refractivity (Wildman–Crippen MR) is 114 cm³/mol. The molecule has 0 aromatic carbocycles. The van der Waals surface area contributed by atoms with Crippen LogP contribution in [-0.2, 0) is 16.4 Å². The Labute approximate surface area is 174 Å². The van der Waals surface area contributed by atoms with Gasteiger partial charge in [-0.3, -0.25) is 0 Å². The lowest BCUT2D eigenvalue weighted by molar-refractivity contribution is -0.116. The van der Waals surface area contributed by atoms with Crippen molar-refractivity contribution < 1.29 is 13.5 Å². The van der Waals surface area contributed by atoms with Crippen LogP contribution in [0.25, 0.3) is 5.57 Å². The zero-order valence-corrected chi connectivity index (χ0v) is 19.1. The van der Waals surface area contributed by atoms with Gasteiger partial charge in [0, 0.05) is 6.20 Å². The van der Waals surface area contributed by atoms with Gasteiger partial charge in [0.05, 0.1) is 17.6 Å². The van der Waals surface area contributed by atoms with E-state index in [4.69, 9.17) is 0 Å². The van der Waals surface area contributed by atoms with E-state index in [1.54, 1.807) is 6.20 Å². The molecule has 1 N–H and O–H groups in total. The van der Waals surface area contributed by atoms with Crippen LogP contribution in [0.2, 0.25) is 0 Å². The number of nitrogens with zero attached hydrogens (tertiary/aromatic N) is 2. The van der Waals surface area contributed by atoms with Gasteiger partial charge in [-0.1, -0.05) is 19.4 Å². The number of fused-ring (bicyclic) bond motifs is 6. The van der Waals surface area contributed by atoms with E-state index in [0.29, 0.717) is 17.8 Å². The van der Waals surface area contributed by atoms with Gasteiger partial charge in [0.25, 0.3) is 10.0 Å². The number of aliphatic hydroxyl groups is 1. The molecule has 3 saturated carbocycles. The molecule has 3 unspecified atom stereocenters. The molecule has 1 aromatic rings. The molecule has 29 heavy (non-hydrogen) atoms. The molecule has 5 nitrogen and oxygen atoms in total. The van der Waals surface area contributed by atoms with Crippen LogP contribution in [0.3, 0.4) is 0 Å². The fourth-order valence-corrected chi connectivity index (χ4v) is 8.49. The minimum Gasteiger partial charge on any atom is -0.390 e. The van der Waals surface area contributed by atoms with Crippen molar-refractivity contribution in [2.45, 2.75) is 78.2 Å². The van der Waals surface area contributed by atoms with Crippen LogP contribution in [0.1, 0.15) is 77.5 Å². The number of rotatable bonds is 1. The molecule has 4 aliphatic rings. The maximum atomic E-state index is 12.1. The van der Waals surface area contributed by atoms with Crippen molar-refractivity contribution in [2.75, 3.05) is 6.26 Å². The summed E-state index contributed by atoms with van der Waals surface area (Å²) in [5, 5.41) is 15.6. The first kappa shape index (κ1) is 19.8. The van der Waals surface area contributed by atoms with Crippen molar-refractivity contribution in [3.63, 3.8) is 0 Å². The Morgan fingerprint density at radius 3 is 2.52 bits per heavy atom. The van der Waals surface area contributed by atoms with Crippen molar-refractivity contribution in [3.8, 4) is 0 Å². The normalized spacial score (nSPS) is 44.1. The predicted octanol–water partition coefficient (Wildman–Crippen LogP) is 4.01. The van der Waals surface area contributed by atoms with Crippen LogP contribution in [0.4, 0.5) is 0 Å². The number of allylic oxidation sites excluding steroid dienone is 2. The minimum atomic E-state index is -3.37. The second-order valence-electron chi connectivity index (χ2n) is 11.0. The summed E-state index contributed by atoms with van der Waals surface area (Å²) in [4.78, 5) is 0. The zero-order valence-electron chi connectivity index (χ0n) is 18.3. The molecular formula is C23H34N2O3S. The topological polar surface area (TPSA) is 72.2 Å². The first-order valence-electron chi connectivity index (χ1n) is 11.1. The summed E-state index contributed by atoms with van der Waals surface area (Å²) in [6.07, 6.45) is 10.4. The van der Waals surface area contributed by atoms with E-state index in [0.717, 1.165) is 53.9 Å². The summed E-state index contributed by atoms with van der Waals surface area (Å²) in [7, 11) is -3.37. The summed E-state index contributed by atoms with van der Waals surface area (Å²) in [6.45, 7) is 8.94. The highest BCUT2D eigenvalue weighted by Crippen LogP contribution is 2.67. The van der Waals surface area contributed by atoms with E-state index in [1.165, 1.54) is 23.8 Å². The molecule has 6 heteroatoms. The van der Waals surface area contributed by atoms with Gasteiger partial charge in [-0.2, -0.15) is 9.19 Å². The summed E-state index contributed by atoms with van der Waals surface area (Å²) in [6, 6.07) is 0. The van der Waals surface area contributed by atoms with Crippen molar-refractivity contribution in [1.29, 1.82) is 0 Å². The van der Waals surface area contributed by atoms with Crippen LogP contribution < -0.4 is 0 Å². The molecule has 6 atom stereocenters. The maximum absolute atomic E-state index is 12.1. The molecule has 0 spiro atoms. The summed E-state index contributed by atoms with van der Waals surface area (Å²) in [5.74, 6) is 1.84. The Bertz CT molecular complexity index is 1020. The van der Waals surface area contributed by atoms with Gasteiger partial charge in [-0.25, -0.2) is 8.42 Å². The lowest BCUT2D eigenvalue weighted by atomic mass is 9.46. The van der Waals surface area contributed by atoms with Gasteiger partial charge in [0.15, 0.2) is 0 Å². The van der Waals surface area contributed by atoms with Crippen LogP contribution in [0.15, 0.2) is 11.8 Å². The van der Waals surface area contributed by atoms with E-state index in [1.807, 2.05) is 0 Å². The van der Waals surface area contributed by atoms with Gasteiger partial charge in [0.2, 0.25) is 0 Å². The second kappa shape index (κ2) is 5.76. The molecule has 160 valence electrons. The first-order chi connectivity index (χ1) is 13.4. The van der Waals surface area contributed by atoms with Crippen molar-refractivity contribution in [3.05, 3.63) is 23.0 Å². The molecule has 3 fully saturated rings. The fraction of sp³-hybridized carbons (Fsp3) is 0.783. The first-order valence-corrected chi connectivity index (χ1v) is 13.0. The van der Waals surface area contributed by atoms with Crippen molar-refractivity contribution in [2.24, 2.45) is 28.6 Å². The SMILES string of the molecule is CC1=C2CCC3C(CC[C@@]4(C)C3CC[C@]4(C)O)[C@@]2(C)Cc2cn(S(C)(=O)=O)nc21. The molecule has 1 aromatic heterocycles. The third kappa shape index (κ3) is 2.48. The van der Waals surface area contributed by atoms with Crippen LogP contribution in [-0.4, -0.2) is 34.6 Å². The summed E-state index contributed by atoms with van der Waals surface area (Å²) in [5.41, 5.74) is 4.20.